The summed E-state index contributed by atoms with van der Waals surface area (Å²) in [5.74, 6) is 1.64. The molecule has 134 valence electrons. The summed E-state index contributed by atoms with van der Waals surface area (Å²) in [6.45, 7) is 0. The van der Waals surface area contributed by atoms with Gasteiger partial charge in [0.15, 0.2) is 0 Å². The zero-order chi connectivity index (χ0) is 18.6. The van der Waals surface area contributed by atoms with E-state index in [4.69, 9.17) is 9.47 Å². The first kappa shape index (κ1) is 16.8. The molecule has 2 heterocycles. The lowest BCUT2D eigenvalue weighted by Gasteiger charge is -2.15. The highest BCUT2D eigenvalue weighted by molar-refractivity contribution is 5.78. The molecule has 27 heavy (non-hydrogen) atoms. The molecule has 4 rings (SSSR count). The zero-order valence-electron chi connectivity index (χ0n) is 15.2. The second kappa shape index (κ2) is 7.33. The lowest BCUT2D eigenvalue weighted by atomic mass is 10.0. The Morgan fingerprint density at radius 1 is 0.778 bits per heavy atom. The van der Waals surface area contributed by atoms with E-state index >= 15 is 0 Å². The van der Waals surface area contributed by atoms with Gasteiger partial charge < -0.3 is 9.47 Å². The van der Waals surface area contributed by atoms with Gasteiger partial charge in [-0.2, -0.15) is 0 Å². The Morgan fingerprint density at radius 3 is 2.37 bits per heavy atom. The van der Waals surface area contributed by atoms with E-state index < -0.39 is 0 Å². The standard InChI is InChI=1S/C22H19N3O2/c1-26-17-9-7-16(8-10-17)20-13-24-15-25(20)21-14-23-12-11-18(21)19-5-3-4-6-22(19)27-2/h3-15H,1-2H3. The Balaban J connectivity index is 1.86. The number of aromatic nitrogens is 3. The summed E-state index contributed by atoms with van der Waals surface area (Å²) in [5.41, 5.74) is 4.98. The number of para-hydroxylation sites is 1. The summed E-state index contributed by atoms with van der Waals surface area (Å²) < 4.78 is 12.8. The van der Waals surface area contributed by atoms with Gasteiger partial charge in [-0.25, -0.2) is 4.98 Å². The summed E-state index contributed by atoms with van der Waals surface area (Å²) in [7, 11) is 3.34. The molecule has 0 aliphatic carbocycles. The molecule has 0 unspecified atom stereocenters. The molecule has 0 aliphatic rings. The average molecular weight is 357 g/mol. The molecule has 0 amide bonds. The lowest BCUT2D eigenvalue weighted by molar-refractivity contribution is 0.415. The van der Waals surface area contributed by atoms with Gasteiger partial charge in [-0.3, -0.25) is 9.55 Å². The maximum Gasteiger partial charge on any atom is 0.126 e. The number of nitrogens with zero attached hydrogens (tertiary/aromatic N) is 3. The number of ether oxygens (including phenoxy) is 2. The second-order valence-corrected chi connectivity index (χ2v) is 5.97. The van der Waals surface area contributed by atoms with E-state index in [1.807, 2.05) is 71.6 Å². The maximum absolute atomic E-state index is 5.55. The van der Waals surface area contributed by atoms with E-state index in [9.17, 15) is 0 Å². The summed E-state index contributed by atoms with van der Waals surface area (Å²) in [6.07, 6.45) is 7.28. The van der Waals surface area contributed by atoms with Gasteiger partial charge in [0.25, 0.3) is 0 Å². The number of hydrogen-bond donors (Lipinski definition) is 0. The van der Waals surface area contributed by atoms with Gasteiger partial charge >= 0.3 is 0 Å². The van der Waals surface area contributed by atoms with Crippen LogP contribution in [0.4, 0.5) is 0 Å². The van der Waals surface area contributed by atoms with Crippen LogP contribution >= 0.6 is 0 Å². The number of methoxy groups -OCH3 is 2. The van der Waals surface area contributed by atoms with E-state index in [0.717, 1.165) is 39.6 Å². The van der Waals surface area contributed by atoms with Gasteiger partial charge in [0.05, 0.1) is 44.3 Å². The summed E-state index contributed by atoms with van der Waals surface area (Å²) >= 11 is 0. The van der Waals surface area contributed by atoms with Gasteiger partial charge in [0.2, 0.25) is 0 Å². The molecule has 0 spiro atoms. The predicted molar refractivity (Wildman–Crippen MR) is 105 cm³/mol. The van der Waals surface area contributed by atoms with Crippen LogP contribution < -0.4 is 9.47 Å². The monoisotopic (exact) mass is 357 g/mol. The van der Waals surface area contributed by atoms with Crippen molar-refractivity contribution in [3.8, 4) is 39.6 Å². The zero-order valence-corrected chi connectivity index (χ0v) is 15.2. The number of rotatable bonds is 5. The average Bonchev–Trinajstić information content (AvgIpc) is 3.23. The fraction of sp³-hybridized carbons (Fsp3) is 0.0909. The fourth-order valence-corrected chi connectivity index (χ4v) is 3.14. The van der Waals surface area contributed by atoms with Crippen LogP contribution in [0.15, 0.2) is 79.5 Å². The Kier molecular flexibility index (Phi) is 4.58. The molecule has 5 nitrogen and oxygen atoms in total. The predicted octanol–water partition coefficient (Wildman–Crippen LogP) is 4.62. The van der Waals surface area contributed by atoms with Crippen LogP contribution in [0.5, 0.6) is 11.5 Å². The Morgan fingerprint density at radius 2 is 1.59 bits per heavy atom. The van der Waals surface area contributed by atoms with Crippen LogP contribution in [-0.2, 0) is 0 Å². The third kappa shape index (κ3) is 3.15. The smallest absolute Gasteiger partial charge is 0.126 e. The van der Waals surface area contributed by atoms with Crippen LogP contribution in [0.2, 0.25) is 0 Å². The normalized spacial score (nSPS) is 10.6. The van der Waals surface area contributed by atoms with Crippen molar-refractivity contribution in [1.29, 1.82) is 0 Å². The molecule has 0 saturated heterocycles. The number of pyridine rings is 1. The van der Waals surface area contributed by atoms with Gasteiger partial charge in [-0.05, 0) is 36.4 Å². The molecular weight excluding hydrogens is 338 g/mol. The third-order valence-corrected chi connectivity index (χ3v) is 4.48. The molecule has 0 aliphatic heterocycles. The second-order valence-electron chi connectivity index (χ2n) is 5.97. The molecule has 0 atom stereocenters. The molecule has 0 saturated carbocycles. The summed E-state index contributed by atoms with van der Waals surface area (Å²) in [5, 5.41) is 0. The van der Waals surface area contributed by atoms with E-state index in [0.29, 0.717) is 0 Å². The van der Waals surface area contributed by atoms with Crippen molar-refractivity contribution in [2.45, 2.75) is 0 Å². The SMILES string of the molecule is COc1ccc(-c2cncn2-c2cnccc2-c2ccccc2OC)cc1. The minimum Gasteiger partial charge on any atom is -0.497 e. The number of benzene rings is 2. The Hall–Kier alpha value is -3.60. The quantitative estimate of drug-likeness (QED) is 0.523. The van der Waals surface area contributed by atoms with Gasteiger partial charge in [0, 0.05) is 22.9 Å². The first-order valence-electron chi connectivity index (χ1n) is 8.56. The van der Waals surface area contributed by atoms with Gasteiger partial charge in [0.1, 0.15) is 11.5 Å². The maximum atomic E-state index is 5.55. The molecule has 0 fully saturated rings. The topological polar surface area (TPSA) is 49.2 Å². The molecule has 0 radical (unpaired) electrons. The van der Waals surface area contributed by atoms with Gasteiger partial charge in [-0.15, -0.1) is 0 Å². The van der Waals surface area contributed by atoms with Crippen molar-refractivity contribution >= 4 is 0 Å². The molecule has 0 bridgehead atoms. The lowest BCUT2D eigenvalue weighted by Crippen LogP contribution is -2.00. The van der Waals surface area contributed by atoms with Crippen LogP contribution in [0, 0.1) is 0 Å². The number of hydrogen-bond acceptors (Lipinski definition) is 4. The molecule has 2 aromatic heterocycles. The molecule has 2 aromatic carbocycles. The molecule has 5 heteroatoms. The minimum atomic E-state index is 0.816. The minimum absolute atomic E-state index is 0.816. The highest BCUT2D eigenvalue weighted by atomic mass is 16.5. The van der Waals surface area contributed by atoms with Gasteiger partial charge in [-0.1, -0.05) is 18.2 Å². The largest absolute Gasteiger partial charge is 0.497 e. The van der Waals surface area contributed by atoms with Crippen LogP contribution in [-0.4, -0.2) is 28.8 Å². The van der Waals surface area contributed by atoms with Crippen LogP contribution in [0.3, 0.4) is 0 Å². The first-order valence-corrected chi connectivity index (χ1v) is 8.56. The molecule has 4 aromatic rings. The van der Waals surface area contributed by atoms with Crippen molar-refractivity contribution in [3.63, 3.8) is 0 Å². The first-order chi connectivity index (χ1) is 13.3. The summed E-state index contributed by atoms with van der Waals surface area (Å²) in [6, 6.07) is 17.9. The fourth-order valence-electron chi connectivity index (χ4n) is 3.14. The van der Waals surface area contributed by atoms with Crippen molar-refractivity contribution in [2.24, 2.45) is 0 Å². The highest BCUT2D eigenvalue weighted by Crippen LogP contribution is 2.35. The Labute approximate surface area is 157 Å². The highest BCUT2D eigenvalue weighted by Gasteiger charge is 2.14. The van der Waals surface area contributed by atoms with Crippen molar-refractivity contribution < 1.29 is 9.47 Å². The molecular formula is C22H19N3O2. The van der Waals surface area contributed by atoms with E-state index in [1.165, 1.54) is 0 Å². The van der Waals surface area contributed by atoms with Crippen molar-refractivity contribution in [1.82, 2.24) is 14.5 Å². The van der Waals surface area contributed by atoms with E-state index in [2.05, 4.69) is 9.97 Å². The third-order valence-electron chi connectivity index (χ3n) is 4.48. The van der Waals surface area contributed by atoms with Crippen molar-refractivity contribution in [3.05, 3.63) is 79.5 Å². The van der Waals surface area contributed by atoms with Crippen LogP contribution in [0.1, 0.15) is 0 Å². The van der Waals surface area contributed by atoms with E-state index in [-0.39, 0.29) is 0 Å². The molecule has 0 N–H and O–H groups in total. The van der Waals surface area contributed by atoms with Crippen LogP contribution in [0.25, 0.3) is 28.1 Å². The Bertz CT molecular complexity index is 1060. The van der Waals surface area contributed by atoms with E-state index in [1.54, 1.807) is 26.7 Å². The summed E-state index contributed by atoms with van der Waals surface area (Å²) in [4.78, 5) is 8.70. The van der Waals surface area contributed by atoms with Crippen molar-refractivity contribution in [2.75, 3.05) is 14.2 Å². The number of imidazole rings is 1.